The van der Waals surface area contributed by atoms with Crippen LogP contribution in [0.4, 0.5) is 0 Å². The van der Waals surface area contributed by atoms with Gasteiger partial charge in [-0.2, -0.15) is 4.99 Å². The van der Waals surface area contributed by atoms with Gasteiger partial charge >= 0.3 is 23.9 Å². The predicted molar refractivity (Wildman–Crippen MR) is 170 cm³/mol. The number of methoxy groups -OCH3 is 1. The first kappa shape index (κ1) is 41.4. The number of carbonyl (C=O) groups is 5. The second kappa shape index (κ2) is 16.6. The molecule has 0 saturated carbocycles. The van der Waals surface area contributed by atoms with E-state index in [-0.39, 0.29) is 12.1 Å². The second-order valence-corrected chi connectivity index (χ2v) is 12.2. The molecule has 51 heavy (non-hydrogen) atoms. The molecule has 2 saturated heterocycles. The number of aliphatic hydroxyl groups excluding tert-OH is 2. The summed E-state index contributed by atoms with van der Waals surface area (Å²) in [5.74, 6) is -7.31. The van der Waals surface area contributed by atoms with Gasteiger partial charge in [0.05, 0.1) is 23.8 Å². The normalized spacial score (nSPS) is 35.0. The van der Waals surface area contributed by atoms with Crippen LogP contribution in [-0.2, 0) is 57.1 Å². The third-order valence-electron chi connectivity index (χ3n) is 8.81. The van der Waals surface area contributed by atoms with Crippen LogP contribution in [0.2, 0.25) is 0 Å². The van der Waals surface area contributed by atoms with Gasteiger partial charge in [-0.15, -0.1) is 0 Å². The highest BCUT2D eigenvalue weighted by Gasteiger charge is 2.62. The fourth-order valence-corrected chi connectivity index (χ4v) is 6.35. The first-order valence-electron chi connectivity index (χ1n) is 15.4. The number of aliphatic hydroxyl groups is 4. The number of carboxylic acids is 1. The molecular weight excluding hydrogens is 704 g/mol. The van der Waals surface area contributed by atoms with Crippen LogP contribution >= 0.6 is 12.2 Å². The Morgan fingerprint density at radius 2 is 1.82 bits per heavy atom. The van der Waals surface area contributed by atoms with Crippen molar-refractivity contribution in [3.05, 3.63) is 23.1 Å². The third-order valence-corrected chi connectivity index (χ3v) is 8.90. The van der Waals surface area contributed by atoms with E-state index in [0.29, 0.717) is 0 Å². The Morgan fingerprint density at radius 1 is 1.18 bits per heavy atom. The molecular formula is C31H40N2O17S. The molecule has 0 aromatic heterocycles. The largest absolute Gasteiger partial charge is 0.508 e. The number of thiocarbonyl (C=S) groups is 1. The summed E-state index contributed by atoms with van der Waals surface area (Å²) in [6, 6.07) is 0. The molecule has 6 N–H and O–H groups in total. The minimum Gasteiger partial charge on any atom is -0.508 e. The number of hydrogen-bond acceptors (Lipinski definition) is 19. The number of nitrogens with zero attached hydrogens (tertiary/aromatic N) is 1. The highest BCUT2D eigenvalue weighted by Crippen LogP contribution is 2.42. The number of carboxylic acid groups (broad SMARTS) is 1. The van der Waals surface area contributed by atoms with E-state index in [1.807, 2.05) is 5.16 Å². The Hall–Kier alpha value is -3.98. The minimum absolute atomic E-state index is 0.323. The van der Waals surface area contributed by atoms with Crippen molar-refractivity contribution in [1.82, 2.24) is 0 Å². The lowest BCUT2D eigenvalue weighted by Crippen LogP contribution is -2.70. The van der Waals surface area contributed by atoms with Crippen LogP contribution < -0.4 is 0 Å². The van der Waals surface area contributed by atoms with Crippen molar-refractivity contribution in [2.75, 3.05) is 13.7 Å². The third kappa shape index (κ3) is 8.40. The van der Waals surface area contributed by atoms with E-state index >= 15 is 0 Å². The lowest BCUT2D eigenvalue weighted by Gasteiger charge is -2.52. The van der Waals surface area contributed by atoms with E-state index in [9.17, 15) is 49.5 Å². The highest BCUT2D eigenvalue weighted by molar-refractivity contribution is 7.78. The summed E-state index contributed by atoms with van der Waals surface area (Å²) in [5.41, 5.74) is -7.72. The zero-order valence-electron chi connectivity index (χ0n) is 28.4. The molecule has 3 aliphatic rings. The molecule has 2 aliphatic heterocycles. The van der Waals surface area contributed by atoms with Crippen LogP contribution in [0.3, 0.4) is 0 Å². The van der Waals surface area contributed by atoms with Gasteiger partial charge in [-0.1, -0.05) is 6.08 Å². The van der Waals surface area contributed by atoms with E-state index < -0.39 is 126 Å². The Balaban J connectivity index is 2.17. The number of allylic oxidation sites excluding steroid dienone is 1. The van der Waals surface area contributed by atoms with Crippen LogP contribution in [0.25, 0.3) is 0 Å². The number of aliphatic carboxylic acids is 1. The number of ether oxygens (including phenoxy) is 7. The molecule has 282 valence electrons. The Labute approximate surface area is 296 Å². The molecule has 1 aliphatic carbocycles. The molecule has 0 spiro atoms. The molecule has 0 unspecified atom stereocenters. The molecule has 0 radical (unpaired) electrons. The lowest BCUT2D eigenvalue weighted by atomic mass is 9.74. The van der Waals surface area contributed by atoms with Gasteiger partial charge in [0, 0.05) is 27.4 Å². The number of rotatable bonds is 12. The van der Waals surface area contributed by atoms with E-state index in [0.717, 1.165) is 13.8 Å². The summed E-state index contributed by atoms with van der Waals surface area (Å²) >= 11 is 4.58. The van der Waals surface area contributed by atoms with Crippen molar-refractivity contribution >= 4 is 52.8 Å². The number of hydrogen-bond donors (Lipinski definition) is 6. The second-order valence-electron chi connectivity index (χ2n) is 12.0. The highest BCUT2D eigenvalue weighted by atomic mass is 32.1. The van der Waals surface area contributed by atoms with Crippen molar-refractivity contribution < 1.29 is 82.7 Å². The number of Topliss-reactive ketones (excluding diaryl/α,β-unsaturated/α-hetero) is 1. The van der Waals surface area contributed by atoms with Crippen LogP contribution in [0.15, 0.2) is 28.1 Å². The summed E-state index contributed by atoms with van der Waals surface area (Å²) in [5, 5.41) is 65.7. The first-order valence-corrected chi connectivity index (χ1v) is 15.9. The number of nitrogens with one attached hydrogen (secondary N) is 1. The lowest BCUT2D eigenvalue weighted by molar-refractivity contribution is -0.345. The van der Waals surface area contributed by atoms with Crippen molar-refractivity contribution in [3.63, 3.8) is 0 Å². The van der Waals surface area contributed by atoms with E-state index in [1.54, 1.807) is 0 Å². The summed E-state index contributed by atoms with van der Waals surface area (Å²) in [6.45, 7) is 5.66. The van der Waals surface area contributed by atoms with Crippen LogP contribution in [0.5, 0.6) is 0 Å². The molecule has 0 amide bonds. The number of esters is 3. The van der Waals surface area contributed by atoms with E-state index in [4.69, 9.17) is 38.6 Å². The summed E-state index contributed by atoms with van der Waals surface area (Å²) in [7, 11) is 1.25. The predicted octanol–water partition coefficient (Wildman–Crippen LogP) is -0.566. The first-order chi connectivity index (χ1) is 23.8. The molecule has 19 nitrogen and oxygen atoms in total. The molecule has 2 heterocycles. The van der Waals surface area contributed by atoms with Crippen molar-refractivity contribution in [2.45, 2.75) is 114 Å². The molecule has 2 fully saturated rings. The van der Waals surface area contributed by atoms with Gasteiger partial charge in [0.2, 0.25) is 0 Å². The van der Waals surface area contributed by atoms with Gasteiger partial charge in [0.1, 0.15) is 54.2 Å². The van der Waals surface area contributed by atoms with E-state index in [1.165, 1.54) is 34.0 Å². The van der Waals surface area contributed by atoms with E-state index in [2.05, 4.69) is 17.2 Å². The SMILES string of the molecule is C/C=C(/N=C=S)C(=O)O[C@H]1[C@@H](O[C@H]2C[C@H](OC)[C@@](O)([C@H](C)OC(C)=O)[C@H](C)O2)[C@@H](O)[C@H]([C@@]2(O)CC(=O)C(=N)C(C(=O)O)=C2O)O[C@@H]1COC(C)=O. The zero-order valence-corrected chi connectivity index (χ0v) is 29.2. The Kier molecular flexibility index (Phi) is 13.5. The maximum Gasteiger partial charge on any atom is 0.357 e. The average molecular weight is 745 g/mol. The van der Waals surface area contributed by atoms with Crippen LogP contribution in [-0.4, -0.2) is 146 Å². The summed E-state index contributed by atoms with van der Waals surface area (Å²) < 4.78 is 39.4. The standard InChI is InChI=1S/C31H40N2O17S/c1-7-16(33-11-51)29(41)50-24-18(10-45-14(4)34)48-27(30(42)9-17(36)22(32)21(26(30)38)28(39)40)23(37)25(24)49-20-8-19(44-6)31(43,13(3)47-20)12(2)46-15(5)35/h7,12-13,18-20,23-25,27,32,37-38,42-43H,8-10H2,1-6H3,(H,39,40)/b16-7+,32-22?/t12-,13-,18+,19-,20-,23+,24+,25-,27+,30+,31+/m0/s1. The number of ketones is 1. The minimum atomic E-state index is -3.02. The Morgan fingerprint density at radius 3 is 2.35 bits per heavy atom. The quantitative estimate of drug-likeness (QED) is 0.0480. The van der Waals surface area contributed by atoms with Crippen molar-refractivity contribution in [1.29, 1.82) is 5.41 Å². The molecule has 3 rings (SSSR count). The molecule has 0 aromatic carbocycles. The number of isothiocyanates is 1. The summed E-state index contributed by atoms with van der Waals surface area (Å²) in [4.78, 5) is 65.1. The molecule has 11 atom stereocenters. The Bertz CT molecular complexity index is 1540. The average Bonchev–Trinajstić information content (AvgIpc) is 3.04. The van der Waals surface area contributed by atoms with Crippen LogP contribution in [0.1, 0.15) is 47.5 Å². The van der Waals surface area contributed by atoms with Gasteiger partial charge in [-0.05, 0) is 33.0 Å². The van der Waals surface area contributed by atoms with Gasteiger partial charge in [0.25, 0.3) is 0 Å². The maximum absolute atomic E-state index is 13.2. The van der Waals surface area contributed by atoms with Gasteiger partial charge in [-0.3, -0.25) is 19.8 Å². The monoisotopic (exact) mass is 744 g/mol. The fraction of sp³-hybridized carbons (Fsp3) is 0.645. The summed E-state index contributed by atoms with van der Waals surface area (Å²) in [6.07, 6.45) is -15.0. The van der Waals surface area contributed by atoms with Crippen molar-refractivity contribution in [2.24, 2.45) is 4.99 Å². The smallest absolute Gasteiger partial charge is 0.357 e. The molecule has 0 bridgehead atoms. The zero-order chi connectivity index (χ0) is 38.6. The topological polar surface area (TPSA) is 287 Å². The van der Waals surface area contributed by atoms with Gasteiger partial charge in [0.15, 0.2) is 35.1 Å². The maximum atomic E-state index is 13.2. The van der Waals surface area contributed by atoms with Crippen LogP contribution in [0, 0.1) is 5.41 Å². The number of carbonyl (C=O) groups excluding carboxylic acids is 4. The van der Waals surface area contributed by atoms with Crippen molar-refractivity contribution in [3.8, 4) is 0 Å². The van der Waals surface area contributed by atoms with Gasteiger partial charge < -0.3 is 58.7 Å². The molecule has 20 heteroatoms. The fourth-order valence-electron chi connectivity index (χ4n) is 6.25. The molecule has 0 aromatic rings. The number of aliphatic imine (C=N–C) groups is 1. The van der Waals surface area contributed by atoms with Gasteiger partial charge in [-0.25, -0.2) is 9.59 Å².